The number of aromatic nitrogens is 2. The largest absolute Gasteiger partial charge is 0.369 e. The minimum atomic E-state index is 0.0583. The van der Waals surface area contributed by atoms with Crippen LogP contribution in [0.3, 0.4) is 0 Å². The zero-order valence-corrected chi connectivity index (χ0v) is 13.9. The van der Waals surface area contributed by atoms with Crippen molar-refractivity contribution in [1.29, 1.82) is 0 Å². The molecule has 0 spiro atoms. The molecule has 2 aromatic rings. The highest BCUT2D eigenvalue weighted by Gasteiger charge is 2.05. The van der Waals surface area contributed by atoms with Crippen molar-refractivity contribution in [3.05, 3.63) is 30.6 Å². The van der Waals surface area contributed by atoms with E-state index in [1.807, 2.05) is 24.3 Å². The number of carbonyl (C=O) groups is 1. The number of para-hydroxylation sites is 1. The van der Waals surface area contributed by atoms with Crippen molar-refractivity contribution in [1.82, 2.24) is 20.2 Å². The lowest BCUT2D eigenvalue weighted by atomic mass is 10.2. The molecule has 0 saturated heterocycles. The van der Waals surface area contributed by atoms with E-state index in [1.165, 1.54) is 6.33 Å². The summed E-state index contributed by atoms with van der Waals surface area (Å²) in [5, 5.41) is 7.14. The van der Waals surface area contributed by atoms with Gasteiger partial charge in [0.15, 0.2) is 0 Å². The lowest BCUT2D eigenvalue weighted by Crippen LogP contribution is -2.35. The molecule has 0 saturated carbocycles. The Balaban J connectivity index is 1.75. The highest BCUT2D eigenvalue weighted by atomic mass is 16.1. The second kappa shape index (κ2) is 9.05. The molecule has 0 atom stereocenters. The third-order valence-corrected chi connectivity index (χ3v) is 3.83. The number of carbonyl (C=O) groups excluding carboxylic acids is 1. The monoisotopic (exact) mass is 315 g/mol. The van der Waals surface area contributed by atoms with E-state index >= 15 is 0 Å². The van der Waals surface area contributed by atoms with Gasteiger partial charge in [0.1, 0.15) is 12.1 Å². The number of benzene rings is 1. The molecule has 23 heavy (non-hydrogen) atoms. The Labute approximate surface area is 137 Å². The topological polar surface area (TPSA) is 70.2 Å². The lowest BCUT2D eigenvalue weighted by molar-refractivity contribution is -0.120. The van der Waals surface area contributed by atoms with Gasteiger partial charge in [-0.1, -0.05) is 26.0 Å². The van der Waals surface area contributed by atoms with Gasteiger partial charge in [0.25, 0.3) is 0 Å². The summed E-state index contributed by atoms with van der Waals surface area (Å²) in [4.78, 5) is 22.6. The zero-order valence-electron chi connectivity index (χ0n) is 13.9. The normalized spacial score (nSPS) is 10.9. The lowest BCUT2D eigenvalue weighted by Gasteiger charge is -2.18. The molecule has 0 unspecified atom stereocenters. The van der Waals surface area contributed by atoms with E-state index in [9.17, 15) is 4.79 Å². The van der Waals surface area contributed by atoms with Gasteiger partial charge in [-0.15, -0.1) is 0 Å². The van der Waals surface area contributed by atoms with Crippen molar-refractivity contribution < 1.29 is 4.79 Å². The van der Waals surface area contributed by atoms with Gasteiger partial charge in [0.2, 0.25) is 5.91 Å². The Kier molecular flexibility index (Phi) is 6.75. The van der Waals surface area contributed by atoms with E-state index in [0.29, 0.717) is 19.5 Å². The molecule has 0 bridgehead atoms. The quantitative estimate of drug-likeness (QED) is 0.739. The van der Waals surface area contributed by atoms with Crippen LogP contribution in [0, 0.1) is 0 Å². The molecular weight excluding hydrogens is 290 g/mol. The summed E-state index contributed by atoms with van der Waals surface area (Å²) in [5.74, 6) is 0.828. The molecule has 1 heterocycles. The Morgan fingerprint density at radius 2 is 1.91 bits per heavy atom. The Hall–Kier alpha value is -2.21. The van der Waals surface area contributed by atoms with Gasteiger partial charge in [0.05, 0.1) is 5.52 Å². The first kappa shape index (κ1) is 17.1. The second-order valence-electron chi connectivity index (χ2n) is 5.29. The van der Waals surface area contributed by atoms with Gasteiger partial charge in [-0.05, 0) is 25.2 Å². The highest BCUT2D eigenvalue weighted by Crippen LogP contribution is 2.17. The average molecular weight is 315 g/mol. The smallest absolute Gasteiger partial charge is 0.221 e. The molecule has 0 fully saturated rings. The number of amides is 1. The van der Waals surface area contributed by atoms with Crippen molar-refractivity contribution in [2.24, 2.45) is 0 Å². The first-order valence-electron chi connectivity index (χ1n) is 8.17. The van der Waals surface area contributed by atoms with Crippen molar-refractivity contribution in [3.63, 3.8) is 0 Å². The van der Waals surface area contributed by atoms with Crippen LogP contribution in [0.4, 0.5) is 5.82 Å². The number of hydrogen-bond acceptors (Lipinski definition) is 5. The maximum absolute atomic E-state index is 11.9. The van der Waals surface area contributed by atoms with E-state index in [1.54, 1.807) is 0 Å². The summed E-state index contributed by atoms with van der Waals surface area (Å²) >= 11 is 0. The molecule has 0 aliphatic rings. The van der Waals surface area contributed by atoms with Gasteiger partial charge < -0.3 is 15.5 Å². The fourth-order valence-corrected chi connectivity index (χ4v) is 2.42. The maximum atomic E-state index is 11.9. The van der Waals surface area contributed by atoms with Crippen LogP contribution in [0.1, 0.15) is 20.3 Å². The van der Waals surface area contributed by atoms with Gasteiger partial charge in [-0.25, -0.2) is 9.97 Å². The molecule has 0 radical (unpaired) electrons. The zero-order chi connectivity index (χ0) is 16.5. The second-order valence-corrected chi connectivity index (χ2v) is 5.29. The van der Waals surface area contributed by atoms with E-state index in [2.05, 4.69) is 39.3 Å². The molecular formula is C17H25N5O. The third kappa shape index (κ3) is 5.17. The van der Waals surface area contributed by atoms with Gasteiger partial charge in [-0.2, -0.15) is 0 Å². The van der Waals surface area contributed by atoms with Gasteiger partial charge in [-0.3, -0.25) is 4.79 Å². The number of rotatable bonds is 9. The summed E-state index contributed by atoms with van der Waals surface area (Å²) in [5.41, 5.74) is 0.897. The van der Waals surface area contributed by atoms with Crippen molar-refractivity contribution >= 4 is 22.6 Å². The number of nitrogens with zero attached hydrogens (tertiary/aromatic N) is 3. The predicted octanol–water partition coefficient (Wildman–Crippen LogP) is 1.89. The molecule has 6 heteroatoms. The van der Waals surface area contributed by atoms with Crippen LogP contribution >= 0.6 is 0 Å². The number of hydrogen-bond donors (Lipinski definition) is 2. The molecule has 2 rings (SSSR count). The Morgan fingerprint density at radius 1 is 1.13 bits per heavy atom. The summed E-state index contributed by atoms with van der Waals surface area (Å²) in [6, 6.07) is 7.82. The Morgan fingerprint density at radius 3 is 2.70 bits per heavy atom. The fraction of sp³-hybridized carbons (Fsp3) is 0.471. The van der Waals surface area contributed by atoms with E-state index in [4.69, 9.17) is 0 Å². The number of likely N-dealkylation sites (N-methyl/N-ethyl adjacent to an activating group) is 1. The summed E-state index contributed by atoms with van der Waals surface area (Å²) in [7, 11) is 0. The molecule has 1 amide bonds. The molecule has 0 aliphatic carbocycles. The first-order chi connectivity index (χ1) is 11.2. The number of nitrogens with one attached hydrogen (secondary N) is 2. The Bertz CT molecular complexity index is 622. The predicted molar refractivity (Wildman–Crippen MR) is 93.4 cm³/mol. The minimum absolute atomic E-state index is 0.0583. The number of fused-ring (bicyclic) bond motifs is 1. The summed E-state index contributed by atoms with van der Waals surface area (Å²) in [6.07, 6.45) is 1.96. The van der Waals surface area contributed by atoms with Crippen LogP contribution in [-0.2, 0) is 4.79 Å². The van der Waals surface area contributed by atoms with Crippen molar-refractivity contribution in [2.45, 2.75) is 20.3 Å². The molecule has 1 aromatic heterocycles. The molecule has 6 nitrogen and oxygen atoms in total. The standard InChI is InChI=1S/C17H25N5O/c1-3-22(4-2)12-11-18-16(23)9-10-19-17-14-7-5-6-8-15(14)20-13-21-17/h5-8,13H,3-4,9-12H2,1-2H3,(H,18,23)(H,19,20,21). The SMILES string of the molecule is CCN(CC)CCNC(=O)CCNc1ncnc2ccccc12. The van der Waals surface area contributed by atoms with Crippen LogP contribution in [0.25, 0.3) is 10.9 Å². The van der Waals surface area contributed by atoms with Gasteiger partial charge >= 0.3 is 0 Å². The van der Waals surface area contributed by atoms with Crippen LogP contribution < -0.4 is 10.6 Å². The fourth-order valence-electron chi connectivity index (χ4n) is 2.42. The average Bonchev–Trinajstić information content (AvgIpc) is 2.59. The number of anilines is 1. The van der Waals surface area contributed by atoms with E-state index in [0.717, 1.165) is 36.4 Å². The third-order valence-electron chi connectivity index (χ3n) is 3.83. The van der Waals surface area contributed by atoms with Gasteiger partial charge in [0, 0.05) is 31.4 Å². The summed E-state index contributed by atoms with van der Waals surface area (Å²) < 4.78 is 0. The summed E-state index contributed by atoms with van der Waals surface area (Å²) in [6.45, 7) is 8.41. The molecule has 124 valence electrons. The first-order valence-corrected chi connectivity index (χ1v) is 8.17. The highest BCUT2D eigenvalue weighted by molar-refractivity contribution is 5.88. The van der Waals surface area contributed by atoms with Crippen LogP contribution in [0.2, 0.25) is 0 Å². The van der Waals surface area contributed by atoms with Crippen molar-refractivity contribution in [2.75, 3.05) is 38.0 Å². The van der Waals surface area contributed by atoms with Crippen LogP contribution in [-0.4, -0.2) is 53.5 Å². The van der Waals surface area contributed by atoms with Crippen molar-refractivity contribution in [3.8, 4) is 0 Å². The molecule has 2 N–H and O–H groups in total. The molecule has 0 aliphatic heterocycles. The van der Waals surface area contributed by atoms with E-state index in [-0.39, 0.29) is 5.91 Å². The van der Waals surface area contributed by atoms with E-state index < -0.39 is 0 Å². The van der Waals surface area contributed by atoms with Crippen LogP contribution in [0.5, 0.6) is 0 Å². The van der Waals surface area contributed by atoms with Crippen LogP contribution in [0.15, 0.2) is 30.6 Å². The molecule has 1 aromatic carbocycles. The minimum Gasteiger partial charge on any atom is -0.369 e. The maximum Gasteiger partial charge on any atom is 0.221 e.